The van der Waals surface area contributed by atoms with Gasteiger partial charge in [-0.25, -0.2) is 0 Å². The van der Waals surface area contributed by atoms with Crippen LogP contribution in [0.25, 0.3) is 0 Å². The van der Waals surface area contributed by atoms with Crippen LogP contribution in [0.5, 0.6) is 0 Å². The van der Waals surface area contributed by atoms with E-state index >= 15 is 0 Å². The molecular weight excluding hydrogens is 324 g/mol. The fourth-order valence-electron chi connectivity index (χ4n) is 8.06. The first-order valence-corrected chi connectivity index (χ1v) is 10.5. The number of aliphatic hydroxyl groups excluding tert-OH is 1. The maximum Gasteiger partial charge on any atom is 0.155 e. The highest BCUT2D eigenvalue weighted by Gasteiger charge is 2.68. The van der Waals surface area contributed by atoms with Crippen LogP contribution in [0.1, 0.15) is 73.1 Å². The number of hydrogen-bond donors (Lipinski definition) is 1. The number of carbonyl (C=O) groups is 2. The molecule has 0 spiro atoms. The number of aliphatic hydroxyl groups is 1. The summed E-state index contributed by atoms with van der Waals surface area (Å²) < 4.78 is 0. The van der Waals surface area contributed by atoms with Gasteiger partial charge in [-0.15, -0.1) is 0 Å². The molecule has 3 heteroatoms. The monoisotopic (exact) mass is 358 g/mol. The standard InChI is InChI=1S/C23H34O3/c1-13-10-19-17-7-6-16(14(2)24)21(17,3)12-20(26)23(19,5)22(4)9-8-15(25)11-18(13)22/h11,13,16-17,19-20,26H,6-10,12H2,1-5H3/t13-,16+,17-,19-,20-,21+,22-,23+/m0/s1. The summed E-state index contributed by atoms with van der Waals surface area (Å²) in [5.41, 5.74) is 0.883. The molecule has 1 N–H and O–H groups in total. The van der Waals surface area contributed by atoms with Crippen LogP contribution >= 0.6 is 0 Å². The maximum atomic E-state index is 12.3. The van der Waals surface area contributed by atoms with Crippen molar-refractivity contribution in [2.24, 2.45) is 39.9 Å². The van der Waals surface area contributed by atoms with Gasteiger partial charge in [0.1, 0.15) is 5.78 Å². The number of fused-ring (bicyclic) bond motifs is 5. The van der Waals surface area contributed by atoms with Crippen molar-refractivity contribution in [2.75, 3.05) is 0 Å². The van der Waals surface area contributed by atoms with Gasteiger partial charge in [0.25, 0.3) is 0 Å². The van der Waals surface area contributed by atoms with Crippen molar-refractivity contribution >= 4 is 11.6 Å². The molecule has 0 heterocycles. The van der Waals surface area contributed by atoms with Crippen molar-refractivity contribution in [1.82, 2.24) is 0 Å². The number of rotatable bonds is 1. The molecule has 0 aromatic heterocycles. The van der Waals surface area contributed by atoms with Crippen LogP contribution in [-0.2, 0) is 9.59 Å². The second-order valence-corrected chi connectivity index (χ2v) is 10.5. The molecule has 0 aromatic rings. The van der Waals surface area contributed by atoms with Crippen LogP contribution in [0.15, 0.2) is 11.6 Å². The Balaban J connectivity index is 1.83. The molecular formula is C23H34O3. The highest BCUT2D eigenvalue weighted by atomic mass is 16.3. The van der Waals surface area contributed by atoms with Gasteiger partial charge in [-0.3, -0.25) is 9.59 Å². The molecule has 0 amide bonds. The van der Waals surface area contributed by atoms with Crippen LogP contribution in [0.2, 0.25) is 0 Å². The molecule has 0 unspecified atom stereocenters. The lowest BCUT2D eigenvalue weighted by Crippen LogP contribution is -2.64. The van der Waals surface area contributed by atoms with Gasteiger partial charge in [0.2, 0.25) is 0 Å². The second-order valence-electron chi connectivity index (χ2n) is 10.5. The largest absolute Gasteiger partial charge is 0.392 e. The molecule has 144 valence electrons. The van der Waals surface area contributed by atoms with E-state index in [1.54, 1.807) is 6.92 Å². The van der Waals surface area contributed by atoms with Crippen LogP contribution in [0.3, 0.4) is 0 Å². The summed E-state index contributed by atoms with van der Waals surface area (Å²) in [4.78, 5) is 24.4. The molecule has 0 aliphatic heterocycles. The SMILES string of the molecule is CC(=O)[C@H]1CC[C@H]2[C@@H]3C[C@H](C)C4=CC(=O)CC[C@]4(C)[C@@]3(C)[C@@H](O)C[C@]12C. The topological polar surface area (TPSA) is 54.4 Å². The third-order valence-electron chi connectivity index (χ3n) is 9.63. The van der Waals surface area contributed by atoms with E-state index in [0.717, 1.165) is 32.1 Å². The van der Waals surface area contributed by atoms with E-state index in [1.165, 1.54) is 5.57 Å². The number of allylic oxidation sites excluding steroid dienone is 1. The summed E-state index contributed by atoms with van der Waals surface area (Å²) in [6.07, 6.45) is 6.78. The average Bonchev–Trinajstić information content (AvgIpc) is 2.89. The van der Waals surface area contributed by atoms with Crippen molar-refractivity contribution in [1.29, 1.82) is 0 Å². The van der Waals surface area contributed by atoms with Gasteiger partial charge in [0, 0.05) is 17.8 Å². The molecule has 4 rings (SSSR count). The number of Topliss-reactive ketones (excluding diaryl/α,β-unsaturated/α-hetero) is 1. The number of carbonyl (C=O) groups excluding carboxylic acids is 2. The van der Waals surface area contributed by atoms with Gasteiger partial charge in [0.15, 0.2) is 5.78 Å². The smallest absolute Gasteiger partial charge is 0.155 e. The predicted molar refractivity (Wildman–Crippen MR) is 101 cm³/mol. The predicted octanol–water partition coefficient (Wildman–Crippen LogP) is 4.33. The lowest BCUT2D eigenvalue weighted by atomic mass is 9.38. The van der Waals surface area contributed by atoms with Crippen LogP contribution in [0, 0.1) is 39.9 Å². The lowest BCUT2D eigenvalue weighted by Gasteiger charge is -2.67. The Morgan fingerprint density at radius 2 is 1.88 bits per heavy atom. The third-order valence-corrected chi connectivity index (χ3v) is 9.63. The fraction of sp³-hybridized carbons (Fsp3) is 0.826. The molecule has 3 saturated carbocycles. The molecule has 0 aromatic carbocycles. The Morgan fingerprint density at radius 1 is 1.19 bits per heavy atom. The first-order chi connectivity index (χ1) is 12.1. The Bertz CT molecular complexity index is 694. The minimum absolute atomic E-state index is 0.0722. The van der Waals surface area contributed by atoms with E-state index in [4.69, 9.17) is 0 Å². The van der Waals surface area contributed by atoms with E-state index in [9.17, 15) is 14.7 Å². The van der Waals surface area contributed by atoms with Gasteiger partial charge in [0.05, 0.1) is 6.10 Å². The normalized spacial score (nSPS) is 53.4. The molecule has 0 radical (unpaired) electrons. The van der Waals surface area contributed by atoms with Gasteiger partial charge < -0.3 is 5.11 Å². The summed E-state index contributed by atoms with van der Waals surface area (Å²) in [5.74, 6) is 1.95. The summed E-state index contributed by atoms with van der Waals surface area (Å²) in [7, 11) is 0. The highest BCUT2D eigenvalue weighted by molar-refractivity contribution is 5.91. The van der Waals surface area contributed by atoms with E-state index in [2.05, 4.69) is 27.7 Å². The van der Waals surface area contributed by atoms with Crippen LogP contribution < -0.4 is 0 Å². The van der Waals surface area contributed by atoms with Crippen molar-refractivity contribution in [3.05, 3.63) is 11.6 Å². The Hall–Kier alpha value is -0.960. The van der Waals surface area contributed by atoms with Gasteiger partial charge in [-0.05, 0) is 73.7 Å². The Kier molecular flexibility index (Phi) is 3.91. The maximum absolute atomic E-state index is 12.3. The molecule has 8 atom stereocenters. The van der Waals surface area contributed by atoms with E-state index < -0.39 is 6.10 Å². The minimum atomic E-state index is -0.414. The van der Waals surface area contributed by atoms with Crippen molar-refractivity contribution in [3.8, 4) is 0 Å². The van der Waals surface area contributed by atoms with Gasteiger partial charge in [-0.1, -0.05) is 33.3 Å². The zero-order valence-electron chi connectivity index (χ0n) is 17.0. The molecule has 4 aliphatic carbocycles. The van der Waals surface area contributed by atoms with Crippen molar-refractivity contribution in [2.45, 2.75) is 79.2 Å². The third kappa shape index (κ3) is 2.04. The first-order valence-electron chi connectivity index (χ1n) is 10.5. The quantitative estimate of drug-likeness (QED) is 0.759. The molecule has 3 fully saturated rings. The zero-order chi connectivity index (χ0) is 19.1. The molecule has 4 aliphatic rings. The van der Waals surface area contributed by atoms with Crippen LogP contribution in [0.4, 0.5) is 0 Å². The first kappa shape index (κ1) is 18.4. The summed E-state index contributed by atoms with van der Waals surface area (Å²) >= 11 is 0. The fourth-order valence-corrected chi connectivity index (χ4v) is 8.06. The van der Waals surface area contributed by atoms with E-state index in [0.29, 0.717) is 30.0 Å². The van der Waals surface area contributed by atoms with E-state index in [1.807, 2.05) is 6.08 Å². The molecule has 0 bridgehead atoms. The summed E-state index contributed by atoms with van der Waals surface area (Å²) in [5, 5.41) is 11.5. The van der Waals surface area contributed by atoms with Crippen LogP contribution in [-0.4, -0.2) is 22.8 Å². The molecule has 26 heavy (non-hydrogen) atoms. The lowest BCUT2D eigenvalue weighted by molar-refractivity contribution is -0.196. The zero-order valence-corrected chi connectivity index (χ0v) is 17.0. The molecule has 0 saturated heterocycles. The molecule has 3 nitrogen and oxygen atoms in total. The van der Waals surface area contributed by atoms with Gasteiger partial charge in [-0.2, -0.15) is 0 Å². The average molecular weight is 359 g/mol. The van der Waals surface area contributed by atoms with E-state index in [-0.39, 0.29) is 27.9 Å². The second kappa shape index (κ2) is 5.53. The summed E-state index contributed by atoms with van der Waals surface area (Å²) in [6, 6.07) is 0. The Morgan fingerprint density at radius 3 is 2.54 bits per heavy atom. The summed E-state index contributed by atoms with van der Waals surface area (Å²) in [6.45, 7) is 10.9. The van der Waals surface area contributed by atoms with Crippen molar-refractivity contribution < 1.29 is 14.7 Å². The van der Waals surface area contributed by atoms with Crippen molar-refractivity contribution in [3.63, 3.8) is 0 Å². The number of ketones is 2. The van der Waals surface area contributed by atoms with Gasteiger partial charge >= 0.3 is 0 Å². The minimum Gasteiger partial charge on any atom is -0.392 e. The Labute approximate surface area is 157 Å². The highest BCUT2D eigenvalue weighted by Crippen LogP contribution is 2.72. The number of hydrogen-bond acceptors (Lipinski definition) is 3.